The lowest BCUT2D eigenvalue weighted by molar-refractivity contribution is 0.429. The second-order valence-corrected chi connectivity index (χ2v) is 6.98. The molecule has 1 saturated carbocycles. The molecule has 2 rings (SSSR count). The molecule has 0 spiro atoms. The molecule has 1 aliphatic rings. The zero-order valence-electron chi connectivity index (χ0n) is 11.3. The number of hydrogen-bond acceptors (Lipinski definition) is 3. The van der Waals surface area contributed by atoms with Gasteiger partial charge in [-0.05, 0) is 37.8 Å². The molecule has 0 radical (unpaired) electrons. The minimum Gasteiger partial charge on any atom is -0.399 e. The van der Waals surface area contributed by atoms with Crippen molar-refractivity contribution in [1.82, 2.24) is 4.31 Å². The lowest BCUT2D eigenvalue weighted by Crippen LogP contribution is -2.34. The van der Waals surface area contributed by atoms with E-state index in [4.69, 9.17) is 12.2 Å². The largest absolute Gasteiger partial charge is 0.399 e. The third-order valence-corrected chi connectivity index (χ3v) is 5.30. The van der Waals surface area contributed by atoms with Gasteiger partial charge in [0.15, 0.2) is 0 Å². The molecule has 1 aromatic carbocycles. The van der Waals surface area contributed by atoms with Gasteiger partial charge in [-0.15, -0.1) is 6.42 Å². The van der Waals surface area contributed by atoms with Crippen LogP contribution < -0.4 is 5.73 Å². The summed E-state index contributed by atoms with van der Waals surface area (Å²) in [5.41, 5.74) is 5.70. The van der Waals surface area contributed by atoms with Crippen molar-refractivity contribution in [3.63, 3.8) is 0 Å². The van der Waals surface area contributed by atoms with Crippen LogP contribution in [0.25, 0.3) is 0 Å². The number of anilines is 1. The van der Waals surface area contributed by atoms with E-state index in [1.165, 1.54) is 17.3 Å². The van der Waals surface area contributed by atoms with Crippen LogP contribution in [-0.4, -0.2) is 25.8 Å². The number of nitrogen functional groups attached to an aromatic ring is 1. The lowest BCUT2D eigenvalue weighted by atomic mass is 10.2. The summed E-state index contributed by atoms with van der Waals surface area (Å²) in [6, 6.07) is 2.39. The summed E-state index contributed by atoms with van der Waals surface area (Å²) in [4.78, 5) is -0.106. The van der Waals surface area contributed by atoms with Gasteiger partial charge >= 0.3 is 0 Å². The van der Waals surface area contributed by atoms with Crippen LogP contribution in [0.15, 0.2) is 17.0 Å². The van der Waals surface area contributed by atoms with E-state index in [2.05, 4.69) is 5.92 Å². The van der Waals surface area contributed by atoms with E-state index in [1.54, 1.807) is 0 Å². The van der Waals surface area contributed by atoms with Crippen molar-refractivity contribution in [2.45, 2.75) is 24.7 Å². The summed E-state index contributed by atoms with van der Waals surface area (Å²) in [6.45, 7) is 1.78. The van der Waals surface area contributed by atoms with Crippen LogP contribution in [0.1, 0.15) is 18.4 Å². The smallest absolute Gasteiger partial charge is 0.244 e. The van der Waals surface area contributed by atoms with Crippen LogP contribution >= 0.6 is 0 Å². The Balaban J connectivity index is 2.44. The summed E-state index contributed by atoms with van der Waals surface area (Å²) in [5, 5.41) is 0. The highest BCUT2D eigenvalue weighted by Gasteiger charge is 2.32. The molecule has 6 heteroatoms. The highest BCUT2D eigenvalue weighted by atomic mass is 32.2. The standard InChI is InChI=1S/C14H17FN2O2S/c1-3-6-17(9-11-4-5-11)20(18,19)14-8-12(16)7-13(15)10(14)2/h1,7-8,11H,4-6,9,16H2,2H3. The first-order valence-corrected chi connectivity index (χ1v) is 7.79. The first kappa shape index (κ1) is 14.8. The van der Waals surface area contributed by atoms with Crippen LogP contribution in [0.3, 0.4) is 0 Å². The number of sulfonamides is 1. The molecule has 0 heterocycles. The molecule has 4 nitrogen and oxygen atoms in total. The summed E-state index contributed by atoms with van der Waals surface area (Å²) in [7, 11) is -3.82. The number of halogens is 1. The molecule has 0 saturated heterocycles. The van der Waals surface area contributed by atoms with Gasteiger partial charge in [0.2, 0.25) is 10.0 Å². The van der Waals surface area contributed by atoms with E-state index in [9.17, 15) is 12.8 Å². The van der Waals surface area contributed by atoms with Gasteiger partial charge in [0.1, 0.15) is 5.82 Å². The Kier molecular flexibility index (Phi) is 4.02. The summed E-state index contributed by atoms with van der Waals surface area (Å²) < 4.78 is 40.2. The van der Waals surface area contributed by atoms with E-state index < -0.39 is 15.8 Å². The monoisotopic (exact) mass is 296 g/mol. The van der Waals surface area contributed by atoms with E-state index >= 15 is 0 Å². The summed E-state index contributed by atoms with van der Waals surface area (Å²) >= 11 is 0. The Labute approximate surface area is 118 Å². The molecule has 0 unspecified atom stereocenters. The number of rotatable bonds is 5. The first-order chi connectivity index (χ1) is 9.36. The third-order valence-electron chi connectivity index (χ3n) is 3.36. The number of nitrogens with two attached hydrogens (primary N) is 1. The van der Waals surface area contributed by atoms with Gasteiger partial charge in [0.25, 0.3) is 0 Å². The fraction of sp³-hybridized carbons (Fsp3) is 0.429. The number of nitrogens with zero attached hydrogens (tertiary/aromatic N) is 1. The Morgan fingerprint density at radius 1 is 1.50 bits per heavy atom. The third kappa shape index (κ3) is 2.94. The highest BCUT2D eigenvalue weighted by Crippen LogP contribution is 2.32. The van der Waals surface area contributed by atoms with Crippen molar-refractivity contribution < 1.29 is 12.8 Å². The van der Waals surface area contributed by atoms with Gasteiger partial charge < -0.3 is 5.73 Å². The van der Waals surface area contributed by atoms with E-state index in [0.29, 0.717) is 12.5 Å². The van der Waals surface area contributed by atoms with Crippen LogP contribution in [0.5, 0.6) is 0 Å². The second-order valence-electron chi connectivity index (χ2n) is 5.07. The Hall–Kier alpha value is -1.58. The molecule has 1 fully saturated rings. The maximum atomic E-state index is 13.7. The van der Waals surface area contributed by atoms with Gasteiger partial charge in [-0.1, -0.05) is 5.92 Å². The predicted molar refractivity (Wildman–Crippen MR) is 75.9 cm³/mol. The average Bonchev–Trinajstić information content (AvgIpc) is 3.17. The van der Waals surface area contributed by atoms with Crippen LogP contribution in [0.4, 0.5) is 10.1 Å². The van der Waals surface area contributed by atoms with Crippen molar-refractivity contribution in [1.29, 1.82) is 0 Å². The fourth-order valence-corrected chi connectivity index (χ4v) is 3.72. The number of hydrogen-bond donors (Lipinski definition) is 1. The van der Waals surface area contributed by atoms with E-state index in [0.717, 1.165) is 18.9 Å². The molecule has 1 aromatic rings. The van der Waals surface area contributed by atoms with Crippen molar-refractivity contribution in [3.8, 4) is 12.3 Å². The minimum atomic E-state index is -3.82. The van der Waals surface area contributed by atoms with E-state index in [1.807, 2.05) is 0 Å². The molecule has 0 amide bonds. The van der Waals surface area contributed by atoms with Gasteiger partial charge in [-0.3, -0.25) is 0 Å². The molecular formula is C14H17FN2O2S. The molecule has 0 atom stereocenters. The Morgan fingerprint density at radius 3 is 2.70 bits per heavy atom. The lowest BCUT2D eigenvalue weighted by Gasteiger charge is -2.21. The van der Waals surface area contributed by atoms with Gasteiger partial charge in [0, 0.05) is 17.8 Å². The van der Waals surface area contributed by atoms with Crippen molar-refractivity contribution >= 4 is 15.7 Å². The molecule has 0 bridgehead atoms. The molecular weight excluding hydrogens is 279 g/mol. The quantitative estimate of drug-likeness (QED) is 0.665. The number of benzene rings is 1. The first-order valence-electron chi connectivity index (χ1n) is 6.35. The maximum Gasteiger partial charge on any atom is 0.244 e. The molecule has 108 valence electrons. The van der Waals surface area contributed by atoms with Gasteiger partial charge in [-0.2, -0.15) is 4.31 Å². The minimum absolute atomic E-state index is 0.0192. The molecule has 1 aliphatic carbocycles. The average molecular weight is 296 g/mol. The Bertz CT molecular complexity index is 660. The number of terminal acetylenes is 1. The molecule has 2 N–H and O–H groups in total. The Morgan fingerprint density at radius 2 is 2.15 bits per heavy atom. The molecule has 0 aromatic heterocycles. The van der Waals surface area contributed by atoms with Crippen LogP contribution in [-0.2, 0) is 10.0 Å². The van der Waals surface area contributed by atoms with E-state index in [-0.39, 0.29) is 22.7 Å². The van der Waals surface area contributed by atoms with Crippen molar-refractivity contribution in [2.24, 2.45) is 5.92 Å². The summed E-state index contributed by atoms with van der Waals surface area (Å²) in [6.07, 6.45) is 7.24. The maximum absolute atomic E-state index is 13.7. The summed E-state index contributed by atoms with van der Waals surface area (Å²) in [5.74, 6) is 2.07. The second kappa shape index (κ2) is 5.43. The normalized spacial score (nSPS) is 15.3. The fourth-order valence-electron chi connectivity index (χ4n) is 2.02. The van der Waals surface area contributed by atoms with Gasteiger partial charge in [-0.25, -0.2) is 12.8 Å². The zero-order chi connectivity index (χ0) is 14.9. The van der Waals surface area contributed by atoms with Crippen LogP contribution in [0.2, 0.25) is 0 Å². The molecule has 20 heavy (non-hydrogen) atoms. The van der Waals surface area contributed by atoms with Gasteiger partial charge in [0.05, 0.1) is 11.4 Å². The zero-order valence-corrected chi connectivity index (χ0v) is 12.1. The highest BCUT2D eigenvalue weighted by molar-refractivity contribution is 7.89. The van der Waals surface area contributed by atoms with Crippen molar-refractivity contribution in [3.05, 3.63) is 23.5 Å². The topological polar surface area (TPSA) is 63.4 Å². The SMILES string of the molecule is C#CCN(CC1CC1)S(=O)(=O)c1cc(N)cc(F)c1C. The van der Waals surface area contributed by atoms with Crippen molar-refractivity contribution in [2.75, 3.05) is 18.8 Å². The molecule has 0 aliphatic heterocycles. The van der Waals surface area contributed by atoms with Crippen LogP contribution in [0, 0.1) is 31.0 Å². The predicted octanol–water partition coefficient (Wildman–Crippen LogP) is 1.75.